The van der Waals surface area contributed by atoms with E-state index in [9.17, 15) is 0 Å². The molecule has 1 atom stereocenters. The summed E-state index contributed by atoms with van der Waals surface area (Å²) < 4.78 is 11.0. The number of aromatic nitrogens is 2. The predicted molar refractivity (Wildman–Crippen MR) is 79.5 cm³/mol. The zero-order valence-electron chi connectivity index (χ0n) is 12.3. The second-order valence-electron chi connectivity index (χ2n) is 5.07. The van der Waals surface area contributed by atoms with E-state index in [1.54, 1.807) is 13.3 Å². The monoisotopic (exact) mass is 285 g/mol. The van der Waals surface area contributed by atoms with Gasteiger partial charge in [-0.3, -0.25) is 0 Å². The summed E-state index contributed by atoms with van der Waals surface area (Å²) in [7, 11) is 1.68. The Morgan fingerprint density at radius 1 is 1.38 bits per heavy atom. The molecule has 0 saturated heterocycles. The summed E-state index contributed by atoms with van der Waals surface area (Å²) in [6, 6.07) is 8.12. The third-order valence-corrected chi connectivity index (χ3v) is 3.62. The molecule has 0 amide bonds. The van der Waals surface area contributed by atoms with Gasteiger partial charge in [0.05, 0.1) is 19.4 Å². The van der Waals surface area contributed by atoms with Crippen LogP contribution in [0, 0.1) is 6.92 Å². The maximum Gasteiger partial charge on any atom is 0.125 e. The SMILES string of the molecule is COc1ccc2c(c1)C(NCc1ccnc(C)n1)CCO2. The highest BCUT2D eigenvalue weighted by Crippen LogP contribution is 2.34. The molecule has 1 unspecified atom stereocenters. The first-order chi connectivity index (χ1) is 10.3. The molecule has 5 nitrogen and oxygen atoms in total. The van der Waals surface area contributed by atoms with Crippen LogP contribution in [0.1, 0.15) is 29.5 Å². The fourth-order valence-corrected chi connectivity index (χ4v) is 2.54. The van der Waals surface area contributed by atoms with Crippen molar-refractivity contribution in [3.63, 3.8) is 0 Å². The predicted octanol–water partition coefficient (Wildman–Crippen LogP) is 2.41. The highest BCUT2D eigenvalue weighted by Gasteiger charge is 2.21. The molecule has 0 aliphatic carbocycles. The van der Waals surface area contributed by atoms with Crippen LogP contribution in [0.25, 0.3) is 0 Å². The fourth-order valence-electron chi connectivity index (χ4n) is 2.54. The molecule has 1 aliphatic heterocycles. The first-order valence-corrected chi connectivity index (χ1v) is 7.09. The Balaban J connectivity index is 1.75. The molecule has 0 saturated carbocycles. The van der Waals surface area contributed by atoms with Crippen LogP contribution in [-0.4, -0.2) is 23.7 Å². The Labute approximate surface area is 124 Å². The van der Waals surface area contributed by atoms with Crippen molar-refractivity contribution < 1.29 is 9.47 Å². The topological polar surface area (TPSA) is 56.3 Å². The first kappa shape index (κ1) is 13.8. The summed E-state index contributed by atoms with van der Waals surface area (Å²) in [4.78, 5) is 8.54. The molecule has 0 bridgehead atoms. The van der Waals surface area contributed by atoms with Gasteiger partial charge in [0, 0.05) is 30.8 Å². The third kappa shape index (κ3) is 3.13. The van der Waals surface area contributed by atoms with E-state index < -0.39 is 0 Å². The van der Waals surface area contributed by atoms with Crippen molar-refractivity contribution in [3.8, 4) is 11.5 Å². The van der Waals surface area contributed by atoms with Crippen molar-refractivity contribution in [2.45, 2.75) is 25.9 Å². The molecular weight excluding hydrogens is 266 g/mol. The second-order valence-corrected chi connectivity index (χ2v) is 5.07. The summed E-state index contributed by atoms with van der Waals surface area (Å²) in [5.74, 6) is 2.57. The fraction of sp³-hybridized carbons (Fsp3) is 0.375. The molecule has 0 radical (unpaired) electrons. The molecule has 0 spiro atoms. The average molecular weight is 285 g/mol. The number of nitrogens with one attached hydrogen (secondary N) is 1. The summed E-state index contributed by atoms with van der Waals surface area (Å²) in [6.07, 6.45) is 2.73. The van der Waals surface area contributed by atoms with E-state index in [-0.39, 0.29) is 6.04 Å². The number of nitrogens with zero attached hydrogens (tertiary/aromatic N) is 2. The lowest BCUT2D eigenvalue weighted by Crippen LogP contribution is -2.27. The molecule has 2 heterocycles. The van der Waals surface area contributed by atoms with Crippen LogP contribution in [0.4, 0.5) is 0 Å². The van der Waals surface area contributed by atoms with Gasteiger partial charge >= 0.3 is 0 Å². The maximum atomic E-state index is 5.70. The average Bonchev–Trinajstić information content (AvgIpc) is 2.52. The molecule has 0 fully saturated rings. The zero-order valence-corrected chi connectivity index (χ0v) is 12.3. The van der Waals surface area contributed by atoms with Gasteiger partial charge < -0.3 is 14.8 Å². The Morgan fingerprint density at radius 3 is 3.10 bits per heavy atom. The van der Waals surface area contributed by atoms with Gasteiger partial charge in [0.2, 0.25) is 0 Å². The van der Waals surface area contributed by atoms with Crippen molar-refractivity contribution in [2.75, 3.05) is 13.7 Å². The van der Waals surface area contributed by atoms with Crippen molar-refractivity contribution in [3.05, 3.63) is 47.5 Å². The normalized spacial score (nSPS) is 17.0. The minimum absolute atomic E-state index is 0.249. The Hall–Kier alpha value is -2.14. The Morgan fingerprint density at radius 2 is 2.29 bits per heavy atom. The number of rotatable bonds is 4. The molecule has 2 aromatic rings. The van der Waals surface area contributed by atoms with E-state index in [1.165, 1.54) is 0 Å². The lowest BCUT2D eigenvalue weighted by molar-refractivity contribution is 0.251. The van der Waals surface area contributed by atoms with E-state index in [0.717, 1.165) is 41.6 Å². The van der Waals surface area contributed by atoms with Crippen molar-refractivity contribution in [1.82, 2.24) is 15.3 Å². The summed E-state index contributed by atoms with van der Waals surface area (Å²) in [6.45, 7) is 3.34. The molecule has 1 aliphatic rings. The smallest absolute Gasteiger partial charge is 0.125 e. The quantitative estimate of drug-likeness (QED) is 0.935. The van der Waals surface area contributed by atoms with E-state index in [2.05, 4.69) is 15.3 Å². The van der Waals surface area contributed by atoms with E-state index >= 15 is 0 Å². The zero-order chi connectivity index (χ0) is 14.7. The molecule has 1 aromatic heterocycles. The number of hydrogen-bond acceptors (Lipinski definition) is 5. The Bertz CT molecular complexity index is 631. The van der Waals surface area contributed by atoms with Gasteiger partial charge in [-0.1, -0.05) is 0 Å². The van der Waals surface area contributed by atoms with Crippen molar-refractivity contribution in [2.24, 2.45) is 0 Å². The number of ether oxygens (including phenoxy) is 2. The number of methoxy groups -OCH3 is 1. The van der Waals surface area contributed by atoms with Gasteiger partial charge in [0.1, 0.15) is 17.3 Å². The van der Waals surface area contributed by atoms with Gasteiger partial charge in [-0.05, 0) is 31.2 Å². The second kappa shape index (κ2) is 6.10. The van der Waals surface area contributed by atoms with E-state index in [4.69, 9.17) is 9.47 Å². The van der Waals surface area contributed by atoms with Crippen LogP contribution in [0.15, 0.2) is 30.5 Å². The van der Waals surface area contributed by atoms with Gasteiger partial charge in [0.25, 0.3) is 0 Å². The molecular formula is C16H19N3O2. The van der Waals surface area contributed by atoms with Gasteiger partial charge in [-0.15, -0.1) is 0 Å². The van der Waals surface area contributed by atoms with Crippen LogP contribution in [0.5, 0.6) is 11.5 Å². The van der Waals surface area contributed by atoms with Gasteiger partial charge in [-0.2, -0.15) is 0 Å². The van der Waals surface area contributed by atoms with Crippen LogP contribution in [0.3, 0.4) is 0 Å². The van der Waals surface area contributed by atoms with Crippen LogP contribution in [0.2, 0.25) is 0 Å². The lowest BCUT2D eigenvalue weighted by atomic mass is 10.00. The largest absolute Gasteiger partial charge is 0.497 e. The van der Waals surface area contributed by atoms with E-state index in [0.29, 0.717) is 6.54 Å². The maximum absolute atomic E-state index is 5.70. The minimum atomic E-state index is 0.249. The number of benzene rings is 1. The van der Waals surface area contributed by atoms with Gasteiger partial charge in [0.15, 0.2) is 0 Å². The number of aryl methyl sites for hydroxylation is 1. The highest BCUT2D eigenvalue weighted by molar-refractivity contribution is 5.43. The van der Waals surface area contributed by atoms with Crippen molar-refractivity contribution in [1.29, 1.82) is 0 Å². The number of fused-ring (bicyclic) bond motifs is 1. The summed E-state index contributed by atoms with van der Waals surface area (Å²) >= 11 is 0. The van der Waals surface area contributed by atoms with Crippen LogP contribution >= 0.6 is 0 Å². The molecule has 1 N–H and O–H groups in total. The molecule has 1 aromatic carbocycles. The van der Waals surface area contributed by atoms with Crippen LogP contribution < -0.4 is 14.8 Å². The van der Waals surface area contributed by atoms with Gasteiger partial charge in [-0.25, -0.2) is 9.97 Å². The molecule has 110 valence electrons. The molecule has 3 rings (SSSR count). The van der Waals surface area contributed by atoms with Crippen LogP contribution in [-0.2, 0) is 6.54 Å². The van der Waals surface area contributed by atoms with E-state index in [1.807, 2.05) is 31.2 Å². The minimum Gasteiger partial charge on any atom is -0.497 e. The first-order valence-electron chi connectivity index (χ1n) is 7.09. The van der Waals surface area contributed by atoms with Crippen molar-refractivity contribution >= 4 is 0 Å². The number of hydrogen-bond donors (Lipinski definition) is 1. The Kier molecular flexibility index (Phi) is 4.01. The summed E-state index contributed by atoms with van der Waals surface area (Å²) in [5.41, 5.74) is 2.14. The lowest BCUT2D eigenvalue weighted by Gasteiger charge is -2.27. The summed E-state index contributed by atoms with van der Waals surface area (Å²) in [5, 5.41) is 3.55. The molecule has 21 heavy (non-hydrogen) atoms. The third-order valence-electron chi connectivity index (χ3n) is 3.62. The highest BCUT2D eigenvalue weighted by atomic mass is 16.5. The molecule has 5 heteroatoms. The standard InChI is InChI=1S/C16H19N3O2/c1-11-17-7-5-12(19-11)10-18-15-6-8-21-16-4-3-13(20-2)9-14(15)16/h3-5,7,9,15,18H,6,8,10H2,1-2H3.